The van der Waals surface area contributed by atoms with E-state index < -0.39 is 18.1 Å². The third-order valence-corrected chi connectivity index (χ3v) is 8.55. The van der Waals surface area contributed by atoms with Crippen LogP contribution < -0.4 is 5.73 Å². The number of ketones is 1. The summed E-state index contributed by atoms with van der Waals surface area (Å²) in [5.74, 6) is -1.25. The molecule has 2 rings (SSSR count). The predicted octanol–water partition coefficient (Wildman–Crippen LogP) is 1.05. The van der Waals surface area contributed by atoms with Crippen molar-refractivity contribution in [3.8, 4) is 0 Å². The van der Waals surface area contributed by atoms with Gasteiger partial charge in [0, 0.05) is 0 Å². The number of hydrogen-bond acceptors (Lipinski definition) is 6. The topological polar surface area (TPSA) is 89.7 Å². The number of hydrogen-bond donors (Lipinski definition) is 1. The normalized spacial score (nSPS) is 21.0. The van der Waals surface area contributed by atoms with Crippen LogP contribution in [0.1, 0.15) is 17.3 Å². The van der Waals surface area contributed by atoms with Crippen LogP contribution in [0.4, 0.5) is 0 Å². The van der Waals surface area contributed by atoms with E-state index in [1.165, 1.54) is 4.90 Å². The molecule has 1 aliphatic heterocycles. The molecule has 1 fully saturated rings. The van der Waals surface area contributed by atoms with Crippen LogP contribution in [-0.2, 0) is 38.9 Å². The maximum atomic E-state index is 12.4. The predicted molar refractivity (Wildman–Crippen MR) is 86.5 cm³/mol. The molecule has 0 aromatic heterocycles. The molecule has 8 heteroatoms. The first-order valence-corrected chi connectivity index (χ1v) is 15.1. The Morgan fingerprint density at radius 2 is 2.04 bits per heavy atom. The second kappa shape index (κ2) is 8.27. The summed E-state index contributed by atoms with van der Waals surface area (Å²) in [4.78, 5) is 37.9. The van der Waals surface area contributed by atoms with Crippen LogP contribution in [0, 0.1) is 0 Å². The van der Waals surface area contributed by atoms with Gasteiger partial charge in [0.25, 0.3) is 0 Å². The zero-order chi connectivity index (χ0) is 17.9. The molecule has 1 aliphatic rings. The quantitative estimate of drug-likeness (QED) is 0.185. The second-order valence-corrected chi connectivity index (χ2v) is 10.2. The van der Waals surface area contributed by atoms with Crippen molar-refractivity contribution in [1.82, 2.24) is 4.90 Å². The molecule has 123 valence electrons. The average Bonchev–Trinajstić information content (AvgIpc) is 2.59. The van der Waals surface area contributed by atoms with E-state index in [-0.39, 0.29) is 23.7 Å². The summed E-state index contributed by atoms with van der Waals surface area (Å²) in [5, 5.41) is -0.222. The zero-order valence-corrected chi connectivity index (χ0v) is 19.6. The van der Waals surface area contributed by atoms with Gasteiger partial charge in [-0.2, -0.15) is 0 Å². The van der Waals surface area contributed by atoms with Gasteiger partial charge in [0.15, 0.2) is 0 Å². The van der Waals surface area contributed by atoms with Crippen LogP contribution in [-0.4, -0.2) is 46.6 Å². The maximum absolute atomic E-state index is 12.4. The SMILES string of the molecule is C=C(C)C(C(=O)OCC(=O)c1ccccc1)N1C(=O)C(N)C1[S][Hg]. The van der Waals surface area contributed by atoms with Crippen molar-refractivity contribution >= 4 is 25.9 Å². The Hall–Kier alpha value is -1.18. The third kappa shape index (κ3) is 3.89. The number of esters is 1. The molecular weight excluding hydrogens is 517 g/mol. The number of benzene rings is 1. The van der Waals surface area contributed by atoms with Gasteiger partial charge in [0.2, 0.25) is 0 Å². The number of β-lactam (4-membered cyclic amide) rings is 1. The summed E-state index contributed by atoms with van der Waals surface area (Å²) in [6, 6.07) is 7.09. The fourth-order valence-corrected chi connectivity index (χ4v) is 7.44. The molecule has 0 aliphatic carbocycles. The fourth-order valence-electron chi connectivity index (χ4n) is 2.44. The number of likely N-dealkylation sites (tertiary alicyclic amines) is 1. The van der Waals surface area contributed by atoms with Gasteiger partial charge >= 0.3 is 159 Å². The molecule has 0 spiro atoms. The van der Waals surface area contributed by atoms with Gasteiger partial charge in [-0.1, -0.05) is 0 Å². The van der Waals surface area contributed by atoms with Gasteiger partial charge in [0.1, 0.15) is 0 Å². The van der Waals surface area contributed by atoms with E-state index in [0.717, 1.165) is 0 Å². The van der Waals surface area contributed by atoms with E-state index in [1.54, 1.807) is 45.5 Å². The molecule has 3 atom stereocenters. The number of nitrogens with zero attached hydrogens (tertiary/aromatic N) is 1. The van der Waals surface area contributed by atoms with E-state index >= 15 is 0 Å². The van der Waals surface area contributed by atoms with Crippen molar-refractivity contribution in [3.05, 3.63) is 48.0 Å². The van der Waals surface area contributed by atoms with Gasteiger partial charge in [0.05, 0.1) is 0 Å². The molecule has 3 unspecified atom stereocenters. The first-order chi connectivity index (χ1) is 11.4. The first kappa shape index (κ1) is 19.1. The molecule has 1 heterocycles. The van der Waals surface area contributed by atoms with Gasteiger partial charge in [-0.15, -0.1) is 0 Å². The Labute approximate surface area is 158 Å². The number of Topliss-reactive ketones (excluding diaryl/α,β-unsaturated/α-hetero) is 1. The number of ether oxygens (including phenoxy) is 1. The Morgan fingerprint density at radius 1 is 1.42 bits per heavy atom. The molecule has 1 aromatic rings. The molecule has 24 heavy (non-hydrogen) atoms. The van der Waals surface area contributed by atoms with E-state index in [9.17, 15) is 14.4 Å². The number of nitrogens with two attached hydrogens (primary N) is 1. The summed E-state index contributed by atoms with van der Waals surface area (Å²) >= 11 is 0.366. The van der Waals surface area contributed by atoms with Crippen molar-refractivity contribution in [3.63, 3.8) is 0 Å². The molecule has 1 aromatic carbocycles. The zero-order valence-electron chi connectivity index (χ0n) is 13.3. The summed E-state index contributed by atoms with van der Waals surface area (Å²) in [5.41, 5.74) is 6.74. The van der Waals surface area contributed by atoms with Crippen molar-refractivity contribution in [1.29, 1.82) is 0 Å². The van der Waals surface area contributed by atoms with Crippen molar-refractivity contribution in [2.45, 2.75) is 24.4 Å². The van der Waals surface area contributed by atoms with Crippen LogP contribution in [0.2, 0.25) is 0 Å². The van der Waals surface area contributed by atoms with Crippen LogP contribution in [0.5, 0.6) is 0 Å². The minimum absolute atomic E-state index is 0.222. The van der Waals surface area contributed by atoms with Crippen LogP contribution in [0.15, 0.2) is 42.5 Å². The molecule has 1 amide bonds. The molecule has 0 bridgehead atoms. The summed E-state index contributed by atoms with van der Waals surface area (Å²) in [7, 11) is 1.57. The van der Waals surface area contributed by atoms with E-state index in [0.29, 0.717) is 35.7 Å². The van der Waals surface area contributed by atoms with Crippen LogP contribution >= 0.6 is 8.24 Å². The van der Waals surface area contributed by atoms with E-state index in [2.05, 4.69) is 6.58 Å². The number of carbonyl (C=O) groups is 3. The second-order valence-electron chi connectivity index (χ2n) is 5.47. The summed E-state index contributed by atoms with van der Waals surface area (Å²) in [6.07, 6.45) is 0. The standard InChI is InChI=1S/C16H18N2O4S.Hg/c1-9(2)13(18-14(20)12(17)15(18)23)16(21)22-8-11(19)10-6-4-3-5-7-10;/h3-7,12-13,15,23H,1,8,17H2,2H3;/q;+1/p-1. The minimum atomic E-state index is -0.901. The Balaban J connectivity index is 2.04. The Bertz CT molecular complexity index is 667. The summed E-state index contributed by atoms with van der Waals surface area (Å²) < 4.78 is 5.14. The monoisotopic (exact) mass is 535 g/mol. The Morgan fingerprint density at radius 3 is 2.58 bits per heavy atom. The van der Waals surface area contributed by atoms with Crippen LogP contribution in [0.3, 0.4) is 0 Å². The number of rotatable bonds is 7. The van der Waals surface area contributed by atoms with Crippen molar-refractivity contribution in [2.24, 2.45) is 5.73 Å². The van der Waals surface area contributed by atoms with E-state index in [1.807, 2.05) is 0 Å². The molecule has 0 radical (unpaired) electrons. The van der Waals surface area contributed by atoms with Crippen molar-refractivity contribution in [2.75, 3.05) is 6.61 Å². The van der Waals surface area contributed by atoms with Crippen molar-refractivity contribution < 1.29 is 43.7 Å². The Kier molecular flexibility index (Phi) is 6.59. The van der Waals surface area contributed by atoms with Gasteiger partial charge in [-0.25, -0.2) is 0 Å². The molecule has 6 nitrogen and oxygen atoms in total. The molecule has 2 N–H and O–H groups in total. The van der Waals surface area contributed by atoms with Crippen LogP contribution in [0.25, 0.3) is 0 Å². The van der Waals surface area contributed by atoms with Gasteiger partial charge in [-0.05, 0) is 0 Å². The van der Waals surface area contributed by atoms with E-state index in [4.69, 9.17) is 10.5 Å². The molecule has 1 saturated heterocycles. The van der Waals surface area contributed by atoms with Gasteiger partial charge in [-0.3, -0.25) is 0 Å². The molecule has 0 saturated carbocycles. The summed E-state index contributed by atoms with van der Waals surface area (Å²) in [6.45, 7) is 5.06. The average molecular weight is 534 g/mol. The fraction of sp³-hybridized carbons (Fsp3) is 0.312. The first-order valence-electron chi connectivity index (χ1n) is 7.27. The third-order valence-electron chi connectivity index (χ3n) is 3.70. The number of carbonyl (C=O) groups excluding carboxylic acids is 3. The van der Waals surface area contributed by atoms with Gasteiger partial charge < -0.3 is 0 Å². The molecular formula is C16H17HgN2O4S. The number of amides is 1.